The third-order valence-electron chi connectivity index (χ3n) is 3.41. The van der Waals surface area contributed by atoms with Gasteiger partial charge in [-0.3, -0.25) is 4.79 Å². The molecular formula is C15H16N4OS. The van der Waals surface area contributed by atoms with Gasteiger partial charge in [0.1, 0.15) is 10.7 Å². The quantitative estimate of drug-likeness (QED) is 0.806. The maximum absolute atomic E-state index is 12.1. The molecule has 0 fully saturated rings. The number of carbonyl (C=O) groups is 1. The van der Waals surface area contributed by atoms with Gasteiger partial charge in [-0.1, -0.05) is 12.1 Å². The molecule has 21 heavy (non-hydrogen) atoms. The Hall–Kier alpha value is -2.21. The van der Waals surface area contributed by atoms with Crippen LogP contribution in [0.5, 0.6) is 0 Å². The van der Waals surface area contributed by atoms with E-state index in [1.54, 1.807) is 5.51 Å². The minimum absolute atomic E-state index is 0.0929. The highest BCUT2D eigenvalue weighted by molar-refractivity contribution is 7.11. The first-order valence-corrected chi connectivity index (χ1v) is 7.71. The fraction of sp³-hybridized carbons (Fsp3) is 0.267. The number of fused-ring (bicyclic) bond motifs is 1. The summed E-state index contributed by atoms with van der Waals surface area (Å²) in [6, 6.07) is 8.00. The van der Waals surface area contributed by atoms with Gasteiger partial charge in [0.25, 0.3) is 5.91 Å². The molecule has 1 amide bonds. The Labute approximate surface area is 126 Å². The molecule has 0 aliphatic carbocycles. The van der Waals surface area contributed by atoms with E-state index >= 15 is 0 Å². The van der Waals surface area contributed by atoms with Gasteiger partial charge in [-0.25, -0.2) is 9.97 Å². The molecule has 0 aliphatic heterocycles. The fourth-order valence-corrected chi connectivity index (χ4v) is 3.09. The van der Waals surface area contributed by atoms with Crippen LogP contribution in [0, 0.1) is 6.92 Å². The summed E-state index contributed by atoms with van der Waals surface area (Å²) >= 11 is 1.36. The molecular weight excluding hydrogens is 284 g/mol. The van der Waals surface area contributed by atoms with Gasteiger partial charge in [-0.15, -0.1) is 11.3 Å². The van der Waals surface area contributed by atoms with Crippen LogP contribution in [0.25, 0.3) is 11.0 Å². The molecule has 0 atom stereocenters. The first-order chi connectivity index (χ1) is 10.2. The van der Waals surface area contributed by atoms with E-state index in [-0.39, 0.29) is 5.91 Å². The van der Waals surface area contributed by atoms with Crippen molar-refractivity contribution in [1.82, 2.24) is 19.9 Å². The highest BCUT2D eigenvalue weighted by atomic mass is 32.1. The molecule has 0 saturated heterocycles. The van der Waals surface area contributed by atoms with E-state index in [1.165, 1.54) is 11.3 Å². The molecule has 6 heteroatoms. The van der Waals surface area contributed by atoms with E-state index in [0.29, 0.717) is 11.4 Å². The van der Waals surface area contributed by atoms with E-state index in [2.05, 4.69) is 26.8 Å². The van der Waals surface area contributed by atoms with Crippen LogP contribution in [0.3, 0.4) is 0 Å². The smallest absolute Gasteiger partial charge is 0.263 e. The van der Waals surface area contributed by atoms with Crippen molar-refractivity contribution < 1.29 is 4.79 Å². The predicted octanol–water partition coefficient (Wildman–Crippen LogP) is 2.75. The van der Waals surface area contributed by atoms with Gasteiger partial charge in [-0.05, 0) is 26.0 Å². The van der Waals surface area contributed by atoms with Crippen LogP contribution >= 0.6 is 11.3 Å². The topological polar surface area (TPSA) is 59.8 Å². The second-order valence-electron chi connectivity index (χ2n) is 4.71. The lowest BCUT2D eigenvalue weighted by atomic mass is 10.3. The average molecular weight is 300 g/mol. The highest BCUT2D eigenvalue weighted by Gasteiger charge is 2.14. The Bertz CT molecular complexity index is 790. The first kappa shape index (κ1) is 13.8. The van der Waals surface area contributed by atoms with Crippen LogP contribution in [0.15, 0.2) is 29.8 Å². The van der Waals surface area contributed by atoms with Crippen LogP contribution in [0.1, 0.15) is 28.1 Å². The number of carbonyl (C=O) groups excluding carboxylic acids is 1. The van der Waals surface area contributed by atoms with Crippen molar-refractivity contribution in [1.29, 1.82) is 0 Å². The number of rotatable bonds is 4. The summed E-state index contributed by atoms with van der Waals surface area (Å²) in [5.41, 5.74) is 4.50. The lowest BCUT2D eigenvalue weighted by Crippen LogP contribution is -2.24. The molecule has 0 saturated carbocycles. The van der Waals surface area contributed by atoms with E-state index in [4.69, 9.17) is 0 Å². The average Bonchev–Trinajstić information content (AvgIpc) is 3.07. The monoisotopic (exact) mass is 300 g/mol. The van der Waals surface area contributed by atoms with E-state index < -0.39 is 0 Å². The molecule has 2 heterocycles. The molecule has 3 aromatic rings. The molecule has 0 aliphatic rings. The van der Waals surface area contributed by atoms with Crippen molar-refractivity contribution in [3.8, 4) is 0 Å². The number of benzene rings is 1. The standard InChI is InChI=1S/C15H16N4OS/c1-3-19-12-7-5-4-6-11(12)18-13(19)8-16-15(20)14-10(2)17-9-21-14/h4-7,9H,3,8H2,1-2H3,(H,16,20). The molecule has 0 radical (unpaired) electrons. The van der Waals surface area contributed by atoms with Crippen molar-refractivity contribution in [2.24, 2.45) is 0 Å². The Kier molecular flexibility index (Phi) is 3.70. The molecule has 1 N–H and O–H groups in total. The second kappa shape index (κ2) is 5.65. The summed E-state index contributed by atoms with van der Waals surface area (Å²) in [4.78, 5) is 21.5. The van der Waals surface area contributed by atoms with Crippen molar-refractivity contribution >= 4 is 28.3 Å². The lowest BCUT2D eigenvalue weighted by molar-refractivity contribution is 0.0953. The van der Waals surface area contributed by atoms with Gasteiger partial charge in [0.05, 0.1) is 28.8 Å². The fourth-order valence-electron chi connectivity index (χ4n) is 2.37. The largest absolute Gasteiger partial charge is 0.344 e. The van der Waals surface area contributed by atoms with Crippen molar-refractivity contribution in [3.05, 3.63) is 46.2 Å². The van der Waals surface area contributed by atoms with Gasteiger partial charge in [0.15, 0.2) is 0 Å². The summed E-state index contributed by atoms with van der Waals surface area (Å²) in [5.74, 6) is 0.777. The molecule has 0 bridgehead atoms. The van der Waals surface area contributed by atoms with Crippen LogP contribution in [0.2, 0.25) is 0 Å². The zero-order valence-corrected chi connectivity index (χ0v) is 12.8. The normalized spacial score (nSPS) is 11.0. The van der Waals surface area contributed by atoms with Crippen LogP contribution in [-0.4, -0.2) is 20.4 Å². The Morgan fingerprint density at radius 3 is 2.90 bits per heavy atom. The number of nitrogens with zero attached hydrogens (tertiary/aromatic N) is 3. The number of thiazole rings is 1. The minimum Gasteiger partial charge on any atom is -0.344 e. The van der Waals surface area contributed by atoms with Crippen molar-refractivity contribution in [2.75, 3.05) is 0 Å². The summed E-state index contributed by atoms with van der Waals surface area (Å²) in [7, 11) is 0. The molecule has 3 rings (SSSR count). The maximum Gasteiger partial charge on any atom is 0.263 e. The number of hydrogen-bond donors (Lipinski definition) is 1. The maximum atomic E-state index is 12.1. The van der Waals surface area contributed by atoms with Gasteiger partial charge in [0.2, 0.25) is 0 Å². The SMILES string of the molecule is CCn1c(CNC(=O)c2scnc2C)nc2ccccc21. The predicted molar refractivity (Wildman–Crippen MR) is 83.4 cm³/mol. The van der Waals surface area contributed by atoms with Crippen molar-refractivity contribution in [2.45, 2.75) is 26.9 Å². The molecule has 2 aromatic heterocycles. The molecule has 0 unspecified atom stereocenters. The van der Waals surface area contributed by atoms with E-state index in [0.717, 1.165) is 29.1 Å². The van der Waals surface area contributed by atoms with Gasteiger partial charge in [0, 0.05) is 6.54 Å². The summed E-state index contributed by atoms with van der Waals surface area (Å²) in [5, 5.41) is 2.93. The van der Waals surface area contributed by atoms with Gasteiger partial charge < -0.3 is 9.88 Å². The molecule has 108 valence electrons. The Balaban J connectivity index is 1.82. The zero-order valence-electron chi connectivity index (χ0n) is 12.0. The number of aromatic nitrogens is 3. The second-order valence-corrected chi connectivity index (χ2v) is 5.57. The van der Waals surface area contributed by atoms with Crippen LogP contribution < -0.4 is 5.32 Å². The van der Waals surface area contributed by atoms with Crippen LogP contribution in [0.4, 0.5) is 0 Å². The summed E-state index contributed by atoms with van der Waals surface area (Å²) in [6.45, 7) is 5.16. The Morgan fingerprint density at radius 1 is 1.38 bits per heavy atom. The summed E-state index contributed by atoms with van der Waals surface area (Å²) in [6.07, 6.45) is 0. The lowest BCUT2D eigenvalue weighted by Gasteiger charge is -2.07. The number of hydrogen-bond acceptors (Lipinski definition) is 4. The van der Waals surface area contributed by atoms with Crippen molar-refractivity contribution in [3.63, 3.8) is 0 Å². The minimum atomic E-state index is -0.0929. The summed E-state index contributed by atoms with van der Waals surface area (Å²) < 4.78 is 2.12. The van der Waals surface area contributed by atoms with E-state index in [9.17, 15) is 4.79 Å². The molecule has 0 spiro atoms. The van der Waals surface area contributed by atoms with Gasteiger partial charge in [-0.2, -0.15) is 0 Å². The Morgan fingerprint density at radius 2 is 2.19 bits per heavy atom. The number of amides is 1. The molecule has 5 nitrogen and oxygen atoms in total. The highest BCUT2D eigenvalue weighted by Crippen LogP contribution is 2.16. The zero-order chi connectivity index (χ0) is 14.8. The third kappa shape index (κ3) is 2.54. The number of imidazole rings is 1. The number of para-hydroxylation sites is 2. The number of nitrogens with one attached hydrogen (secondary N) is 1. The number of aryl methyl sites for hydroxylation is 2. The third-order valence-corrected chi connectivity index (χ3v) is 4.34. The first-order valence-electron chi connectivity index (χ1n) is 6.83. The van der Waals surface area contributed by atoms with E-state index in [1.807, 2.05) is 31.2 Å². The van der Waals surface area contributed by atoms with Gasteiger partial charge >= 0.3 is 0 Å². The molecule has 1 aromatic carbocycles. The van der Waals surface area contributed by atoms with Crippen LogP contribution in [-0.2, 0) is 13.1 Å².